The van der Waals surface area contributed by atoms with Gasteiger partial charge in [0.15, 0.2) is 0 Å². The molecule has 5 heteroatoms. The van der Waals surface area contributed by atoms with Crippen molar-refractivity contribution in [3.8, 4) is 5.75 Å². The van der Waals surface area contributed by atoms with Gasteiger partial charge in [0.2, 0.25) is 0 Å². The molecule has 1 rings (SSSR count). The number of nitrogens with two attached hydrogens (primary N) is 1. The molecule has 1 unspecified atom stereocenters. The summed E-state index contributed by atoms with van der Waals surface area (Å²) in [6, 6.07) is 4.90. The van der Waals surface area contributed by atoms with E-state index in [1.807, 2.05) is 13.8 Å². The first-order valence-electron chi connectivity index (χ1n) is 6.93. The molecule has 0 heterocycles. The number of hydrogen-bond donors (Lipinski definition) is 3. The van der Waals surface area contributed by atoms with Gasteiger partial charge < -0.3 is 20.9 Å². The summed E-state index contributed by atoms with van der Waals surface area (Å²) in [5.74, 6) is 0.367. The predicted molar refractivity (Wildman–Crippen MR) is 79.8 cm³/mol. The lowest BCUT2D eigenvalue weighted by molar-refractivity contribution is 0.0814. The third-order valence-electron chi connectivity index (χ3n) is 3.53. The fraction of sp³-hybridized carbons (Fsp3) is 0.533. The van der Waals surface area contributed by atoms with Crippen molar-refractivity contribution in [1.82, 2.24) is 5.32 Å². The molecule has 0 aromatic heterocycles. The minimum absolute atomic E-state index is 0.193. The van der Waals surface area contributed by atoms with Crippen LogP contribution < -0.4 is 15.8 Å². The molecule has 1 aromatic rings. The normalized spacial score (nSPS) is 12.2. The molecule has 0 radical (unpaired) electrons. The Balaban J connectivity index is 2.70. The highest BCUT2D eigenvalue weighted by atomic mass is 16.5. The molecule has 0 fully saturated rings. The minimum atomic E-state index is -0.541. The Hall–Kier alpha value is -1.75. The minimum Gasteiger partial charge on any atom is -0.496 e. The standard InChI is InChI=1S/C15H24N2O3/c1-4-10(5-2)13(18)9-17-15(19)12-8-11(16)6-7-14(12)20-3/h6-8,10,13,18H,4-5,9,16H2,1-3H3,(H,17,19). The fourth-order valence-electron chi connectivity index (χ4n) is 2.20. The molecule has 0 bridgehead atoms. The zero-order valence-electron chi connectivity index (χ0n) is 12.3. The van der Waals surface area contributed by atoms with Gasteiger partial charge in [0.05, 0.1) is 18.8 Å². The van der Waals surface area contributed by atoms with Gasteiger partial charge in [-0.25, -0.2) is 0 Å². The highest BCUT2D eigenvalue weighted by molar-refractivity contribution is 5.97. The molecule has 0 saturated heterocycles. The van der Waals surface area contributed by atoms with Crippen molar-refractivity contribution >= 4 is 11.6 Å². The van der Waals surface area contributed by atoms with E-state index in [1.165, 1.54) is 7.11 Å². The van der Waals surface area contributed by atoms with Gasteiger partial charge in [-0.1, -0.05) is 26.7 Å². The number of ether oxygens (including phenoxy) is 1. The second kappa shape index (κ2) is 7.75. The third kappa shape index (κ3) is 4.13. The summed E-state index contributed by atoms with van der Waals surface area (Å²) in [6.45, 7) is 4.28. The topological polar surface area (TPSA) is 84.6 Å². The first-order valence-corrected chi connectivity index (χ1v) is 6.93. The first kappa shape index (κ1) is 16.3. The Morgan fingerprint density at radius 2 is 2.05 bits per heavy atom. The number of rotatable bonds is 7. The summed E-state index contributed by atoms with van der Waals surface area (Å²) < 4.78 is 5.14. The number of benzene rings is 1. The predicted octanol–water partition coefficient (Wildman–Crippen LogP) is 1.80. The van der Waals surface area contributed by atoms with Crippen LogP contribution in [0, 0.1) is 5.92 Å². The van der Waals surface area contributed by atoms with E-state index in [0.717, 1.165) is 12.8 Å². The lowest BCUT2D eigenvalue weighted by Crippen LogP contribution is -2.36. The summed E-state index contributed by atoms with van der Waals surface area (Å²) in [5, 5.41) is 12.7. The molecule has 0 aliphatic carbocycles. The summed E-state index contributed by atoms with van der Waals surface area (Å²) in [6.07, 6.45) is 1.23. The van der Waals surface area contributed by atoms with E-state index in [4.69, 9.17) is 10.5 Å². The molecule has 1 amide bonds. The zero-order valence-corrected chi connectivity index (χ0v) is 12.3. The van der Waals surface area contributed by atoms with E-state index in [-0.39, 0.29) is 18.4 Å². The number of anilines is 1. The van der Waals surface area contributed by atoms with Gasteiger partial charge >= 0.3 is 0 Å². The van der Waals surface area contributed by atoms with E-state index in [2.05, 4.69) is 5.32 Å². The van der Waals surface area contributed by atoms with Crippen molar-refractivity contribution in [2.24, 2.45) is 5.92 Å². The van der Waals surface area contributed by atoms with Gasteiger partial charge in [-0.05, 0) is 24.1 Å². The number of nitrogen functional groups attached to an aromatic ring is 1. The van der Waals surface area contributed by atoms with E-state index in [0.29, 0.717) is 17.0 Å². The van der Waals surface area contributed by atoms with Crippen molar-refractivity contribution in [2.45, 2.75) is 32.8 Å². The second-order valence-electron chi connectivity index (χ2n) is 4.81. The van der Waals surface area contributed by atoms with Gasteiger partial charge in [-0.3, -0.25) is 4.79 Å². The molecule has 112 valence electrons. The molecule has 1 aromatic carbocycles. The molecular formula is C15H24N2O3. The van der Waals surface area contributed by atoms with Crippen LogP contribution in [0.1, 0.15) is 37.0 Å². The van der Waals surface area contributed by atoms with Gasteiger partial charge in [-0.15, -0.1) is 0 Å². The molecule has 1 atom stereocenters. The van der Waals surface area contributed by atoms with Crippen LogP contribution in [0.5, 0.6) is 5.75 Å². The molecule has 4 N–H and O–H groups in total. The van der Waals surface area contributed by atoms with Crippen molar-refractivity contribution in [3.05, 3.63) is 23.8 Å². The van der Waals surface area contributed by atoms with Crippen LogP contribution >= 0.6 is 0 Å². The summed E-state index contributed by atoms with van der Waals surface area (Å²) >= 11 is 0. The molecule has 0 aliphatic rings. The number of carbonyl (C=O) groups is 1. The van der Waals surface area contributed by atoms with Gasteiger partial charge in [-0.2, -0.15) is 0 Å². The number of amides is 1. The van der Waals surface area contributed by atoms with Gasteiger partial charge in [0, 0.05) is 12.2 Å². The van der Waals surface area contributed by atoms with E-state index in [1.54, 1.807) is 18.2 Å². The highest BCUT2D eigenvalue weighted by Gasteiger charge is 2.18. The average Bonchev–Trinajstić information content (AvgIpc) is 2.46. The average molecular weight is 280 g/mol. The molecule has 5 nitrogen and oxygen atoms in total. The monoisotopic (exact) mass is 280 g/mol. The van der Waals surface area contributed by atoms with Gasteiger partial charge in [0.1, 0.15) is 5.75 Å². The molecule has 0 aliphatic heterocycles. The van der Waals surface area contributed by atoms with Crippen LogP contribution in [-0.4, -0.2) is 30.8 Å². The number of carbonyl (C=O) groups excluding carboxylic acids is 1. The van der Waals surface area contributed by atoms with Crippen molar-refractivity contribution in [1.29, 1.82) is 0 Å². The molecule has 0 spiro atoms. The Morgan fingerprint density at radius 3 is 2.60 bits per heavy atom. The Labute approximate surface area is 120 Å². The number of aliphatic hydroxyl groups excluding tert-OH is 1. The molecular weight excluding hydrogens is 256 g/mol. The Morgan fingerprint density at radius 1 is 1.40 bits per heavy atom. The zero-order chi connectivity index (χ0) is 15.1. The van der Waals surface area contributed by atoms with Crippen LogP contribution in [-0.2, 0) is 0 Å². The number of methoxy groups -OCH3 is 1. The van der Waals surface area contributed by atoms with Crippen molar-refractivity contribution in [2.75, 3.05) is 19.4 Å². The maximum Gasteiger partial charge on any atom is 0.255 e. The largest absolute Gasteiger partial charge is 0.496 e. The molecule has 0 saturated carbocycles. The lowest BCUT2D eigenvalue weighted by Gasteiger charge is -2.20. The van der Waals surface area contributed by atoms with Gasteiger partial charge in [0.25, 0.3) is 5.91 Å². The van der Waals surface area contributed by atoms with Crippen LogP contribution in [0.25, 0.3) is 0 Å². The SMILES string of the molecule is CCC(CC)C(O)CNC(=O)c1cc(N)ccc1OC. The van der Waals surface area contributed by atoms with Crippen molar-refractivity contribution < 1.29 is 14.6 Å². The lowest BCUT2D eigenvalue weighted by atomic mass is 9.96. The Kier molecular flexibility index (Phi) is 6.31. The van der Waals surface area contributed by atoms with Crippen molar-refractivity contribution in [3.63, 3.8) is 0 Å². The first-order chi connectivity index (χ1) is 9.53. The molecule has 20 heavy (non-hydrogen) atoms. The van der Waals surface area contributed by atoms with Crippen LogP contribution in [0.4, 0.5) is 5.69 Å². The smallest absolute Gasteiger partial charge is 0.255 e. The maximum atomic E-state index is 12.1. The van der Waals surface area contributed by atoms with Crippen LogP contribution in [0.3, 0.4) is 0 Å². The summed E-state index contributed by atoms with van der Waals surface area (Å²) in [5.41, 5.74) is 6.56. The quantitative estimate of drug-likeness (QED) is 0.665. The highest BCUT2D eigenvalue weighted by Crippen LogP contribution is 2.21. The summed E-state index contributed by atoms with van der Waals surface area (Å²) in [4.78, 5) is 12.1. The second-order valence-corrected chi connectivity index (χ2v) is 4.81. The van der Waals surface area contributed by atoms with Crippen LogP contribution in [0.2, 0.25) is 0 Å². The third-order valence-corrected chi connectivity index (χ3v) is 3.53. The Bertz CT molecular complexity index is 445. The maximum absolute atomic E-state index is 12.1. The van der Waals surface area contributed by atoms with E-state index >= 15 is 0 Å². The van der Waals surface area contributed by atoms with Crippen LogP contribution in [0.15, 0.2) is 18.2 Å². The fourth-order valence-corrected chi connectivity index (χ4v) is 2.20. The number of nitrogens with one attached hydrogen (secondary N) is 1. The van der Waals surface area contributed by atoms with E-state index < -0.39 is 6.10 Å². The summed E-state index contributed by atoms with van der Waals surface area (Å²) in [7, 11) is 1.50. The van der Waals surface area contributed by atoms with E-state index in [9.17, 15) is 9.90 Å². The number of hydrogen-bond acceptors (Lipinski definition) is 4. The number of aliphatic hydroxyl groups is 1.